The zero-order valence-electron chi connectivity index (χ0n) is 14.0. The smallest absolute Gasteiger partial charge is 0.347 e. The van der Waals surface area contributed by atoms with E-state index in [1.807, 2.05) is 0 Å². The number of hydrogen-bond acceptors (Lipinski definition) is 6. The predicted molar refractivity (Wildman–Crippen MR) is 90.9 cm³/mol. The van der Waals surface area contributed by atoms with Gasteiger partial charge in [-0.25, -0.2) is 10.2 Å². The highest BCUT2D eigenvalue weighted by Crippen LogP contribution is 2.31. The zero-order chi connectivity index (χ0) is 17.2. The Bertz CT molecular complexity index is 662. The fraction of sp³-hybridized carbons (Fsp3) is 0.562. The number of fused-ring (bicyclic) bond motifs is 2. The summed E-state index contributed by atoms with van der Waals surface area (Å²) in [4.78, 5) is 6.65. The van der Waals surface area contributed by atoms with Crippen molar-refractivity contribution in [2.24, 2.45) is 4.99 Å². The normalized spacial score (nSPS) is 27.5. The maximum Gasteiger partial charge on any atom is 0.347 e. The van der Waals surface area contributed by atoms with Crippen LogP contribution in [0.5, 0.6) is 5.75 Å². The van der Waals surface area contributed by atoms with E-state index in [2.05, 4.69) is 15.3 Å². The summed E-state index contributed by atoms with van der Waals surface area (Å²) >= 11 is 0. The van der Waals surface area contributed by atoms with E-state index in [4.69, 9.17) is 9.47 Å². The quantitative estimate of drug-likeness (QED) is 0.440. The lowest BCUT2D eigenvalue weighted by atomic mass is 10.1. The van der Waals surface area contributed by atoms with Gasteiger partial charge in [0.05, 0.1) is 19.8 Å². The van der Waals surface area contributed by atoms with Crippen LogP contribution < -0.4 is 20.4 Å². The van der Waals surface area contributed by atoms with Gasteiger partial charge in [0.25, 0.3) is 0 Å². The van der Waals surface area contributed by atoms with Gasteiger partial charge in [0.1, 0.15) is 5.75 Å². The van der Waals surface area contributed by atoms with Gasteiger partial charge in [-0.15, -0.1) is 0 Å². The van der Waals surface area contributed by atoms with Crippen molar-refractivity contribution >= 4 is 17.3 Å². The minimum Gasteiger partial charge on any atom is -0.621 e. The van der Waals surface area contributed by atoms with Gasteiger partial charge in [-0.05, 0) is 6.42 Å². The van der Waals surface area contributed by atoms with Crippen molar-refractivity contribution in [3.05, 3.63) is 28.1 Å². The molecule has 3 N–H and O–H groups in total. The summed E-state index contributed by atoms with van der Waals surface area (Å²) in [5.74, 6) is 0.839. The molecular weight excluding hydrogens is 326 g/mol. The van der Waals surface area contributed by atoms with Crippen LogP contribution in [0.15, 0.2) is 17.1 Å². The first-order valence-corrected chi connectivity index (χ1v) is 8.73. The minimum atomic E-state index is -0.267. The van der Waals surface area contributed by atoms with Crippen LogP contribution in [0.2, 0.25) is 0 Å². The molecule has 9 nitrogen and oxygen atoms in total. The van der Waals surface area contributed by atoms with Gasteiger partial charge in [0.2, 0.25) is 11.4 Å². The molecule has 0 saturated carbocycles. The minimum absolute atomic E-state index is 0.137. The molecule has 1 aromatic carbocycles. The van der Waals surface area contributed by atoms with Gasteiger partial charge in [0.15, 0.2) is 0 Å². The fourth-order valence-electron chi connectivity index (χ4n) is 3.38. The second-order valence-electron chi connectivity index (χ2n) is 6.43. The molecule has 25 heavy (non-hydrogen) atoms. The third-order valence-corrected chi connectivity index (χ3v) is 4.77. The molecule has 9 heteroatoms. The van der Waals surface area contributed by atoms with E-state index in [1.54, 1.807) is 12.1 Å². The number of nitrogens with zero attached hydrogens (tertiary/aromatic N) is 2. The molecule has 0 bridgehead atoms. The Hall–Kier alpha value is -1.75. The number of guanidine groups is 1. The number of hydroxylamine groups is 1. The van der Waals surface area contributed by atoms with Gasteiger partial charge < -0.3 is 19.9 Å². The predicted octanol–water partition coefficient (Wildman–Crippen LogP) is -1.75. The summed E-state index contributed by atoms with van der Waals surface area (Å²) in [5.41, 5.74) is 4.42. The van der Waals surface area contributed by atoms with Crippen LogP contribution in [0.1, 0.15) is 12.0 Å². The number of benzene rings is 1. The third kappa shape index (κ3) is 3.47. The first-order valence-electron chi connectivity index (χ1n) is 8.73. The van der Waals surface area contributed by atoms with E-state index in [1.165, 1.54) is 0 Å². The number of hydrogen-bond donors (Lipinski definition) is 3. The summed E-state index contributed by atoms with van der Waals surface area (Å²) in [6.07, 6.45) is 1.61. The average molecular weight is 349 g/mol. The molecule has 0 aliphatic carbocycles. The van der Waals surface area contributed by atoms with E-state index in [-0.39, 0.29) is 16.2 Å². The highest BCUT2D eigenvalue weighted by Gasteiger charge is 2.32. The number of ether oxygens (including phenoxy) is 2. The summed E-state index contributed by atoms with van der Waals surface area (Å²) in [7, 11) is 0. The molecule has 2 unspecified atom stereocenters. The van der Waals surface area contributed by atoms with Crippen LogP contribution in [0.25, 0.3) is 0 Å². The van der Waals surface area contributed by atoms with Crippen molar-refractivity contribution in [1.29, 1.82) is 0 Å². The SMILES string of the molecule is [O-][NH+]1NC(=NCCCN2CCOCC2)[NH+]([O-])c2cc3c(cc21)CCO3. The third-order valence-electron chi connectivity index (χ3n) is 4.77. The van der Waals surface area contributed by atoms with E-state index in [0.717, 1.165) is 51.3 Å². The number of nitrogens with one attached hydrogen (secondary N) is 3. The maximum absolute atomic E-state index is 12.6. The Morgan fingerprint density at radius 2 is 2.00 bits per heavy atom. The van der Waals surface area contributed by atoms with Crippen LogP contribution >= 0.6 is 0 Å². The Morgan fingerprint density at radius 1 is 1.16 bits per heavy atom. The Morgan fingerprint density at radius 3 is 2.84 bits per heavy atom. The highest BCUT2D eigenvalue weighted by molar-refractivity contribution is 5.77. The molecule has 0 amide bonds. The molecule has 4 rings (SSSR count). The standard InChI is InChI=1S/C16H23N5O4/c22-20-13-11-15-12(2-7-25-15)10-14(13)21(23)18-16(20)17-3-1-4-19-5-8-24-9-6-19/h10-11,20-21H,1-9H2,(H,17,18). The lowest BCUT2D eigenvalue weighted by Crippen LogP contribution is -3.23. The second-order valence-corrected chi connectivity index (χ2v) is 6.43. The largest absolute Gasteiger partial charge is 0.621 e. The second kappa shape index (κ2) is 7.24. The molecule has 0 spiro atoms. The van der Waals surface area contributed by atoms with Gasteiger partial charge in [-0.3, -0.25) is 9.96 Å². The van der Waals surface area contributed by atoms with E-state index < -0.39 is 0 Å². The highest BCUT2D eigenvalue weighted by atomic mass is 16.6. The molecule has 3 heterocycles. The average Bonchev–Trinajstić information content (AvgIpc) is 3.10. The first-order chi connectivity index (χ1) is 12.2. The molecule has 3 aliphatic rings. The molecule has 1 fully saturated rings. The lowest BCUT2D eigenvalue weighted by molar-refractivity contribution is -0.851. The number of aliphatic imine (C=N–C) groups is 1. The number of rotatable bonds is 4. The first kappa shape index (κ1) is 16.7. The van der Waals surface area contributed by atoms with E-state index >= 15 is 0 Å². The van der Waals surface area contributed by atoms with Crippen LogP contribution in [0.3, 0.4) is 0 Å². The van der Waals surface area contributed by atoms with Crippen molar-refractivity contribution < 1.29 is 19.7 Å². The van der Waals surface area contributed by atoms with Crippen molar-refractivity contribution in [3.63, 3.8) is 0 Å². The maximum atomic E-state index is 12.6. The van der Waals surface area contributed by atoms with Crippen molar-refractivity contribution in [1.82, 2.24) is 10.3 Å². The van der Waals surface area contributed by atoms with Gasteiger partial charge in [-0.2, -0.15) is 5.43 Å². The summed E-state index contributed by atoms with van der Waals surface area (Å²) in [6, 6.07) is 3.45. The van der Waals surface area contributed by atoms with Crippen molar-refractivity contribution in [3.8, 4) is 5.75 Å². The van der Waals surface area contributed by atoms with Crippen molar-refractivity contribution in [2.45, 2.75) is 12.8 Å². The van der Waals surface area contributed by atoms with Crippen LogP contribution in [-0.2, 0) is 11.2 Å². The zero-order valence-corrected chi connectivity index (χ0v) is 14.0. The molecule has 1 aromatic rings. The fourth-order valence-corrected chi connectivity index (χ4v) is 3.38. The molecule has 136 valence electrons. The number of quaternary nitrogens is 2. The topological polar surface area (TPSA) is 101 Å². The Kier molecular flexibility index (Phi) is 4.84. The molecule has 0 aromatic heterocycles. The monoisotopic (exact) mass is 349 g/mol. The Balaban J connectivity index is 1.41. The van der Waals surface area contributed by atoms with E-state index in [0.29, 0.717) is 30.3 Å². The van der Waals surface area contributed by atoms with Crippen LogP contribution in [0, 0.1) is 10.4 Å². The molecule has 3 aliphatic heterocycles. The summed E-state index contributed by atoms with van der Waals surface area (Å²) in [6.45, 7) is 5.43. The van der Waals surface area contributed by atoms with Crippen LogP contribution in [0.4, 0.5) is 11.4 Å². The summed E-state index contributed by atoms with van der Waals surface area (Å²) < 4.78 is 10.8. The van der Waals surface area contributed by atoms with Crippen LogP contribution in [-0.4, -0.2) is 56.9 Å². The summed E-state index contributed by atoms with van der Waals surface area (Å²) in [5, 5.41) is 24.4. The molecule has 0 radical (unpaired) electrons. The van der Waals surface area contributed by atoms with E-state index in [9.17, 15) is 10.4 Å². The van der Waals surface area contributed by atoms with Gasteiger partial charge in [0, 0.05) is 50.3 Å². The lowest BCUT2D eigenvalue weighted by Gasteiger charge is -2.34. The Labute approximate surface area is 145 Å². The van der Waals surface area contributed by atoms with Gasteiger partial charge in [-0.1, -0.05) is 0 Å². The molecule has 1 saturated heterocycles. The number of morpholine rings is 1. The molecular formula is C16H23N5O4. The van der Waals surface area contributed by atoms with Gasteiger partial charge >= 0.3 is 5.96 Å². The van der Waals surface area contributed by atoms with Crippen molar-refractivity contribution in [2.75, 3.05) is 46.0 Å². The molecule has 2 atom stereocenters.